The second-order valence-corrected chi connectivity index (χ2v) is 16.0. The number of nitrogens with one attached hydrogen (secondary N) is 1. The van der Waals surface area contributed by atoms with Crippen molar-refractivity contribution < 1.29 is 42.9 Å². The van der Waals surface area contributed by atoms with Crippen molar-refractivity contribution in [2.75, 3.05) is 6.61 Å². The maximum absolute atomic E-state index is 13.5. The molecule has 1 aromatic carbocycles. The molecule has 0 spiro atoms. The smallest absolute Gasteiger partial charge is 0.311 e. The van der Waals surface area contributed by atoms with Crippen LogP contribution in [0.2, 0.25) is 0 Å². The van der Waals surface area contributed by atoms with E-state index in [-0.39, 0.29) is 12.6 Å². The Morgan fingerprint density at radius 1 is 0.717 bits per heavy atom. The molecule has 258 valence electrons. The normalized spacial score (nSPS) is 23.1. The highest BCUT2D eigenvalue weighted by Gasteiger charge is 2.55. The van der Waals surface area contributed by atoms with Gasteiger partial charge in [-0.1, -0.05) is 36.4 Å². The van der Waals surface area contributed by atoms with Crippen LogP contribution in [0, 0.1) is 21.7 Å². The molecule has 46 heavy (non-hydrogen) atoms. The molecule has 1 N–H and O–H groups in total. The summed E-state index contributed by atoms with van der Waals surface area (Å²) in [5, 5.41) is 3.43. The minimum Gasteiger partial charge on any atom is -0.462 e. The Balaban J connectivity index is 2.76. The molecule has 1 fully saturated rings. The van der Waals surface area contributed by atoms with Crippen LogP contribution in [0.4, 0.5) is 0 Å². The average Bonchev–Trinajstić information content (AvgIpc) is 2.92. The molecule has 0 aliphatic carbocycles. The third kappa shape index (κ3) is 10.9. The number of hydrogen-bond acceptors (Lipinski definition) is 10. The topological polar surface area (TPSA) is 126 Å². The Hall–Kier alpha value is -3.24. The van der Waals surface area contributed by atoms with Gasteiger partial charge in [0.15, 0.2) is 24.5 Å². The molecule has 1 aliphatic rings. The van der Waals surface area contributed by atoms with Crippen molar-refractivity contribution in [3.8, 4) is 0 Å². The SMILES string of the molecule is C=CC[C@H](N[C@@H]1O[C@H](COC(=O)C(C)(C)C)[C@H](OC(=O)C(C)(C)C)[C@H](OC(=O)C(C)(C)C)[C@H]1OC(=O)C(C)(C)C)c1ccccc1. The Labute approximate surface area is 274 Å². The van der Waals surface area contributed by atoms with Crippen LogP contribution in [0.25, 0.3) is 0 Å². The predicted octanol–water partition coefficient (Wildman–Crippen LogP) is 6.08. The number of ether oxygens (including phenoxy) is 5. The maximum atomic E-state index is 13.5. The molecule has 0 amide bonds. The highest BCUT2D eigenvalue weighted by Crippen LogP contribution is 2.34. The summed E-state index contributed by atoms with van der Waals surface area (Å²) in [5.74, 6) is -2.29. The minimum absolute atomic E-state index is 0.322. The predicted molar refractivity (Wildman–Crippen MR) is 174 cm³/mol. The van der Waals surface area contributed by atoms with E-state index in [0.29, 0.717) is 6.42 Å². The monoisotopic (exact) mass is 645 g/mol. The highest BCUT2D eigenvalue weighted by molar-refractivity contribution is 5.78. The molecule has 1 saturated heterocycles. The van der Waals surface area contributed by atoms with Crippen molar-refractivity contribution in [3.05, 3.63) is 48.6 Å². The molecule has 6 atom stereocenters. The Kier molecular flexibility index (Phi) is 12.8. The molecule has 0 unspecified atom stereocenters. The van der Waals surface area contributed by atoms with Crippen LogP contribution in [0.1, 0.15) is 101 Å². The van der Waals surface area contributed by atoms with Crippen LogP contribution in [-0.2, 0) is 42.9 Å². The van der Waals surface area contributed by atoms with Gasteiger partial charge in [-0.2, -0.15) is 0 Å². The van der Waals surface area contributed by atoms with Gasteiger partial charge >= 0.3 is 23.9 Å². The molecule has 0 bridgehead atoms. The molecule has 0 saturated carbocycles. The van der Waals surface area contributed by atoms with Gasteiger partial charge in [0.1, 0.15) is 12.7 Å². The molecule has 0 radical (unpaired) electrons. The Bertz CT molecular complexity index is 1220. The van der Waals surface area contributed by atoms with Gasteiger partial charge in [-0.05, 0) is 95.1 Å². The number of esters is 4. The van der Waals surface area contributed by atoms with Gasteiger partial charge in [-0.25, -0.2) is 0 Å². The molecule has 1 aromatic rings. The van der Waals surface area contributed by atoms with Gasteiger partial charge in [-0.3, -0.25) is 24.5 Å². The lowest BCUT2D eigenvalue weighted by atomic mass is 9.92. The maximum Gasteiger partial charge on any atom is 0.311 e. The van der Waals surface area contributed by atoms with E-state index in [2.05, 4.69) is 11.9 Å². The van der Waals surface area contributed by atoms with Crippen molar-refractivity contribution in [2.24, 2.45) is 21.7 Å². The second kappa shape index (κ2) is 15.1. The Morgan fingerprint density at radius 2 is 1.15 bits per heavy atom. The van der Waals surface area contributed by atoms with E-state index in [4.69, 9.17) is 23.7 Å². The van der Waals surface area contributed by atoms with Gasteiger partial charge in [0.05, 0.1) is 21.7 Å². The van der Waals surface area contributed by atoms with Gasteiger partial charge < -0.3 is 23.7 Å². The van der Waals surface area contributed by atoms with Crippen molar-refractivity contribution in [2.45, 2.75) is 126 Å². The molecule has 0 aromatic heterocycles. The van der Waals surface area contributed by atoms with E-state index < -0.39 is 76.2 Å². The van der Waals surface area contributed by atoms with Crippen LogP contribution in [-0.4, -0.2) is 61.1 Å². The molecular weight excluding hydrogens is 590 g/mol. The minimum atomic E-state index is -1.32. The summed E-state index contributed by atoms with van der Waals surface area (Å²) in [7, 11) is 0. The number of hydrogen-bond donors (Lipinski definition) is 1. The number of benzene rings is 1. The average molecular weight is 646 g/mol. The summed E-state index contributed by atoms with van der Waals surface area (Å²) in [6, 6.07) is 9.22. The third-order valence-corrected chi connectivity index (χ3v) is 7.16. The van der Waals surface area contributed by atoms with Crippen LogP contribution < -0.4 is 5.32 Å². The molecular formula is C36H55NO9. The quantitative estimate of drug-likeness (QED) is 0.182. The van der Waals surface area contributed by atoms with Gasteiger partial charge in [-0.15, -0.1) is 6.58 Å². The molecule has 1 heterocycles. The van der Waals surface area contributed by atoms with Crippen LogP contribution >= 0.6 is 0 Å². The summed E-state index contributed by atoms with van der Waals surface area (Å²) in [5.41, 5.74) is -2.75. The lowest BCUT2D eigenvalue weighted by Gasteiger charge is -2.47. The van der Waals surface area contributed by atoms with Crippen LogP contribution in [0.3, 0.4) is 0 Å². The van der Waals surface area contributed by atoms with Crippen molar-refractivity contribution in [1.29, 1.82) is 0 Å². The van der Waals surface area contributed by atoms with E-state index in [0.717, 1.165) is 5.56 Å². The molecule has 1 aliphatic heterocycles. The van der Waals surface area contributed by atoms with E-state index in [1.807, 2.05) is 30.3 Å². The zero-order valence-electron chi connectivity index (χ0n) is 29.7. The number of carbonyl (C=O) groups excluding carboxylic acids is 4. The first-order valence-corrected chi connectivity index (χ1v) is 15.8. The first-order valence-electron chi connectivity index (χ1n) is 15.8. The summed E-state index contributed by atoms with van der Waals surface area (Å²) in [6.07, 6.45) is -3.85. The first-order chi connectivity index (χ1) is 21.0. The summed E-state index contributed by atoms with van der Waals surface area (Å²) in [6.45, 7) is 24.0. The fraction of sp³-hybridized carbons (Fsp3) is 0.667. The highest BCUT2D eigenvalue weighted by atomic mass is 16.7. The van der Waals surface area contributed by atoms with E-state index in [1.165, 1.54) is 0 Å². The first kappa shape index (κ1) is 38.9. The van der Waals surface area contributed by atoms with E-state index >= 15 is 0 Å². The molecule has 10 nitrogen and oxygen atoms in total. The van der Waals surface area contributed by atoms with Gasteiger partial charge in [0, 0.05) is 6.04 Å². The van der Waals surface area contributed by atoms with Gasteiger partial charge in [0.2, 0.25) is 0 Å². The van der Waals surface area contributed by atoms with E-state index in [9.17, 15) is 19.2 Å². The van der Waals surface area contributed by atoms with Gasteiger partial charge in [0.25, 0.3) is 0 Å². The summed E-state index contributed by atoms with van der Waals surface area (Å²) in [4.78, 5) is 53.2. The third-order valence-electron chi connectivity index (χ3n) is 7.16. The zero-order valence-corrected chi connectivity index (χ0v) is 29.7. The van der Waals surface area contributed by atoms with Crippen molar-refractivity contribution in [1.82, 2.24) is 5.32 Å². The second-order valence-electron chi connectivity index (χ2n) is 16.0. The lowest BCUT2D eigenvalue weighted by Crippen LogP contribution is -2.66. The standard InChI is InChI=1S/C36H55NO9/c1-14-18-23(22-19-16-15-17-20-22)37-28-27(46-32(41)36(11,12)13)26(45-31(40)35(8,9)10)25(44-30(39)34(5,6)7)24(43-28)21-42-29(38)33(2,3)4/h14-17,19-20,23-28,37H,1,18,21H2,2-13H3/t23-,24+,25-,26-,27+,28+/m0/s1. The molecule has 2 rings (SSSR count). The molecule has 10 heteroatoms. The van der Waals surface area contributed by atoms with Crippen molar-refractivity contribution in [3.63, 3.8) is 0 Å². The van der Waals surface area contributed by atoms with Crippen LogP contribution in [0.15, 0.2) is 43.0 Å². The zero-order chi connectivity index (χ0) is 35.3. The fourth-order valence-corrected chi connectivity index (χ4v) is 4.21. The largest absolute Gasteiger partial charge is 0.462 e. The van der Waals surface area contributed by atoms with Crippen molar-refractivity contribution >= 4 is 23.9 Å². The Morgan fingerprint density at radius 3 is 1.59 bits per heavy atom. The summed E-state index contributed by atoms with van der Waals surface area (Å²) >= 11 is 0. The van der Waals surface area contributed by atoms with E-state index in [1.54, 1.807) is 89.2 Å². The number of carbonyl (C=O) groups is 4. The lowest BCUT2D eigenvalue weighted by molar-refractivity contribution is -0.266. The fourth-order valence-electron chi connectivity index (χ4n) is 4.21. The number of rotatable bonds is 10. The van der Waals surface area contributed by atoms with Crippen LogP contribution in [0.5, 0.6) is 0 Å². The summed E-state index contributed by atoms with van der Waals surface area (Å²) < 4.78 is 30.5.